The first-order valence-corrected chi connectivity index (χ1v) is 3.89. The minimum atomic E-state index is 0.358. The van der Waals surface area contributed by atoms with Crippen LogP contribution in [0.15, 0.2) is 41.1 Å². The van der Waals surface area contributed by atoms with Crippen LogP contribution in [0.1, 0.15) is 5.76 Å². The molecule has 0 aliphatic rings. The van der Waals surface area contributed by atoms with Crippen LogP contribution in [0.3, 0.4) is 0 Å². The Kier molecular flexibility index (Phi) is 2.22. The van der Waals surface area contributed by atoms with E-state index in [1.807, 2.05) is 30.3 Å². The Hall–Kier alpha value is -1.84. The zero-order valence-electron chi connectivity index (χ0n) is 6.88. The van der Waals surface area contributed by atoms with Gasteiger partial charge in [-0.25, -0.2) is 0 Å². The van der Waals surface area contributed by atoms with E-state index >= 15 is 0 Å². The van der Waals surface area contributed by atoms with Gasteiger partial charge in [-0.1, -0.05) is 18.2 Å². The van der Waals surface area contributed by atoms with E-state index < -0.39 is 0 Å². The van der Waals surface area contributed by atoms with Crippen LogP contribution >= 0.6 is 0 Å². The third-order valence-corrected chi connectivity index (χ3v) is 1.53. The molecule has 0 N–H and O–H groups in total. The Labute approximate surface area is 75.1 Å². The molecular formula is C9H8N2O2. The van der Waals surface area contributed by atoms with Crippen LogP contribution < -0.4 is 4.74 Å². The number of benzene rings is 1. The highest BCUT2D eigenvalue weighted by atomic mass is 16.5. The van der Waals surface area contributed by atoms with Gasteiger partial charge < -0.3 is 9.26 Å². The number of hydrogen-bond acceptors (Lipinski definition) is 4. The van der Waals surface area contributed by atoms with Gasteiger partial charge in [0.1, 0.15) is 5.75 Å². The second-order valence-corrected chi connectivity index (χ2v) is 2.49. The van der Waals surface area contributed by atoms with Gasteiger partial charge in [0.05, 0.1) is 6.20 Å². The molecule has 1 aromatic carbocycles. The summed E-state index contributed by atoms with van der Waals surface area (Å²) < 4.78 is 10.1. The van der Waals surface area contributed by atoms with Crippen LogP contribution in [0.2, 0.25) is 0 Å². The van der Waals surface area contributed by atoms with E-state index in [-0.39, 0.29) is 0 Å². The number of para-hydroxylation sites is 1. The maximum atomic E-state index is 5.38. The minimum Gasteiger partial charge on any atom is -0.485 e. The van der Waals surface area contributed by atoms with Crippen molar-refractivity contribution in [2.45, 2.75) is 6.61 Å². The fraction of sp³-hybridized carbons (Fsp3) is 0.111. The fourth-order valence-electron chi connectivity index (χ4n) is 0.922. The smallest absolute Gasteiger partial charge is 0.194 e. The van der Waals surface area contributed by atoms with Crippen molar-refractivity contribution in [3.63, 3.8) is 0 Å². The van der Waals surface area contributed by atoms with E-state index in [1.54, 1.807) is 0 Å². The van der Waals surface area contributed by atoms with Crippen LogP contribution in [0.25, 0.3) is 0 Å². The quantitative estimate of drug-likeness (QED) is 0.713. The van der Waals surface area contributed by atoms with Gasteiger partial charge in [-0.05, 0) is 12.1 Å². The van der Waals surface area contributed by atoms with E-state index in [0.29, 0.717) is 12.4 Å². The molecule has 0 atom stereocenters. The van der Waals surface area contributed by atoms with Gasteiger partial charge >= 0.3 is 0 Å². The molecule has 13 heavy (non-hydrogen) atoms. The number of ether oxygens (including phenoxy) is 1. The number of aromatic nitrogens is 2. The van der Waals surface area contributed by atoms with Crippen molar-refractivity contribution in [1.29, 1.82) is 0 Å². The highest BCUT2D eigenvalue weighted by molar-refractivity contribution is 5.20. The first-order valence-electron chi connectivity index (χ1n) is 3.89. The van der Waals surface area contributed by atoms with Gasteiger partial charge in [0.15, 0.2) is 12.4 Å². The standard InChI is InChI=1S/C9H8N2O2/c1-2-4-8(5-3-1)12-7-9-6-10-11-13-9/h1-6H,7H2. The van der Waals surface area contributed by atoms with Crippen molar-refractivity contribution < 1.29 is 9.26 Å². The molecule has 2 aromatic rings. The second-order valence-electron chi connectivity index (χ2n) is 2.49. The Morgan fingerprint density at radius 2 is 2.08 bits per heavy atom. The molecule has 2 rings (SSSR count). The zero-order chi connectivity index (χ0) is 8.93. The Bertz CT molecular complexity index is 345. The number of nitrogens with zero attached hydrogens (tertiary/aromatic N) is 2. The summed E-state index contributed by atoms with van der Waals surface area (Å²) in [4.78, 5) is 0. The average molecular weight is 176 g/mol. The van der Waals surface area contributed by atoms with Crippen molar-refractivity contribution in [3.05, 3.63) is 42.3 Å². The van der Waals surface area contributed by atoms with Gasteiger partial charge in [-0.3, -0.25) is 0 Å². The van der Waals surface area contributed by atoms with E-state index in [2.05, 4.69) is 10.4 Å². The summed E-state index contributed by atoms with van der Waals surface area (Å²) in [5.41, 5.74) is 0. The van der Waals surface area contributed by atoms with E-state index in [9.17, 15) is 0 Å². The van der Waals surface area contributed by atoms with Gasteiger partial charge in [-0.2, -0.15) is 0 Å². The molecular weight excluding hydrogens is 168 g/mol. The molecule has 0 amide bonds. The SMILES string of the molecule is c1ccc(OCc2cnno2)cc1. The molecule has 0 saturated carbocycles. The van der Waals surface area contributed by atoms with Crippen LogP contribution in [0.4, 0.5) is 0 Å². The molecule has 0 saturated heterocycles. The number of rotatable bonds is 3. The highest BCUT2D eigenvalue weighted by Gasteiger charge is 1.98. The van der Waals surface area contributed by atoms with Crippen molar-refractivity contribution in [2.24, 2.45) is 0 Å². The molecule has 0 aliphatic carbocycles. The van der Waals surface area contributed by atoms with Gasteiger partial charge in [0.25, 0.3) is 0 Å². The molecule has 0 spiro atoms. The van der Waals surface area contributed by atoms with E-state index in [1.165, 1.54) is 6.20 Å². The molecule has 4 heteroatoms. The summed E-state index contributed by atoms with van der Waals surface area (Å²) in [6.07, 6.45) is 1.53. The molecule has 66 valence electrons. The lowest BCUT2D eigenvalue weighted by Gasteiger charge is -2.01. The average Bonchev–Trinajstić information content (AvgIpc) is 2.69. The maximum Gasteiger partial charge on any atom is 0.194 e. The van der Waals surface area contributed by atoms with E-state index in [0.717, 1.165) is 5.75 Å². The molecule has 1 heterocycles. The van der Waals surface area contributed by atoms with Crippen molar-refractivity contribution in [1.82, 2.24) is 10.4 Å². The van der Waals surface area contributed by atoms with Crippen LogP contribution in [0.5, 0.6) is 5.75 Å². The molecule has 4 nitrogen and oxygen atoms in total. The predicted octanol–water partition coefficient (Wildman–Crippen LogP) is 1.65. The minimum absolute atomic E-state index is 0.358. The lowest BCUT2D eigenvalue weighted by molar-refractivity contribution is 0.246. The van der Waals surface area contributed by atoms with Crippen LogP contribution in [0, 0.1) is 0 Å². The number of hydrogen-bond donors (Lipinski definition) is 0. The van der Waals surface area contributed by atoms with Gasteiger partial charge in [0.2, 0.25) is 0 Å². The van der Waals surface area contributed by atoms with Crippen molar-refractivity contribution >= 4 is 0 Å². The Morgan fingerprint density at radius 1 is 1.23 bits per heavy atom. The first kappa shape index (κ1) is 7.79. The predicted molar refractivity (Wildman–Crippen MR) is 45.1 cm³/mol. The topological polar surface area (TPSA) is 48.2 Å². The van der Waals surface area contributed by atoms with E-state index in [4.69, 9.17) is 9.26 Å². The Morgan fingerprint density at radius 3 is 2.77 bits per heavy atom. The molecule has 0 unspecified atom stereocenters. The van der Waals surface area contributed by atoms with Crippen LogP contribution in [-0.4, -0.2) is 10.4 Å². The normalized spacial score (nSPS) is 9.85. The maximum absolute atomic E-state index is 5.38. The summed E-state index contributed by atoms with van der Waals surface area (Å²) in [7, 11) is 0. The lowest BCUT2D eigenvalue weighted by atomic mass is 10.3. The first-order chi connectivity index (χ1) is 6.45. The zero-order valence-corrected chi connectivity index (χ0v) is 6.88. The van der Waals surface area contributed by atoms with Crippen molar-refractivity contribution in [2.75, 3.05) is 0 Å². The molecule has 0 aliphatic heterocycles. The third kappa shape index (κ3) is 2.05. The summed E-state index contributed by atoms with van der Waals surface area (Å²) in [5.74, 6) is 1.42. The lowest BCUT2D eigenvalue weighted by Crippen LogP contribution is -1.92. The van der Waals surface area contributed by atoms with Crippen molar-refractivity contribution in [3.8, 4) is 5.75 Å². The molecule has 1 aromatic heterocycles. The monoisotopic (exact) mass is 176 g/mol. The molecule has 0 fully saturated rings. The molecule has 0 bridgehead atoms. The highest BCUT2D eigenvalue weighted by Crippen LogP contribution is 2.10. The van der Waals surface area contributed by atoms with Crippen LogP contribution in [-0.2, 0) is 6.61 Å². The van der Waals surface area contributed by atoms with Gasteiger partial charge in [-0.15, -0.1) is 5.10 Å². The summed E-state index contributed by atoms with van der Waals surface area (Å²) in [6, 6.07) is 9.51. The fourth-order valence-corrected chi connectivity index (χ4v) is 0.922. The third-order valence-electron chi connectivity index (χ3n) is 1.53. The van der Waals surface area contributed by atoms with Gasteiger partial charge in [0, 0.05) is 5.27 Å². The summed E-state index contributed by atoms with van der Waals surface area (Å²) in [6.45, 7) is 0.358. The molecule has 0 radical (unpaired) electrons. The Balaban J connectivity index is 1.94. The second kappa shape index (κ2) is 3.71. The summed E-state index contributed by atoms with van der Waals surface area (Å²) in [5, 5.41) is 6.87. The summed E-state index contributed by atoms with van der Waals surface area (Å²) >= 11 is 0. The largest absolute Gasteiger partial charge is 0.485 e.